The van der Waals surface area contributed by atoms with Gasteiger partial charge in [0.05, 0.1) is 103 Å². The van der Waals surface area contributed by atoms with E-state index in [1.807, 2.05) is 36.4 Å². The van der Waals surface area contributed by atoms with E-state index in [-0.39, 0.29) is 49.9 Å². The van der Waals surface area contributed by atoms with E-state index >= 15 is 0 Å². The molecule has 3 fully saturated rings. The fourth-order valence-corrected chi connectivity index (χ4v) is 19.1. The summed E-state index contributed by atoms with van der Waals surface area (Å²) in [5.41, 5.74) is 30.0. The number of sulfone groups is 3. The van der Waals surface area contributed by atoms with E-state index in [1.165, 1.54) is 0 Å². The van der Waals surface area contributed by atoms with Crippen LogP contribution < -0.4 is 46.2 Å². The van der Waals surface area contributed by atoms with Gasteiger partial charge in [0.15, 0.2) is 46.5 Å². The van der Waals surface area contributed by atoms with Crippen LogP contribution in [0.4, 0.5) is 34.1 Å². The van der Waals surface area contributed by atoms with Gasteiger partial charge in [-0.05, 0) is 207 Å². The number of nitrogens with one attached hydrogen (secondary N) is 4. The minimum Gasteiger partial charge on any atom is -0.372 e. The number of hydrogen-bond acceptors (Lipinski definition) is 21. The van der Waals surface area contributed by atoms with Gasteiger partial charge in [-0.3, -0.25) is 14.4 Å². The zero-order valence-electron chi connectivity index (χ0n) is 65.1. The molecule has 8 N–H and O–H groups in total. The predicted octanol–water partition coefficient (Wildman–Crippen LogP) is 13.8. The summed E-state index contributed by atoms with van der Waals surface area (Å²) in [7, 11) is -7.94. The Balaban J connectivity index is 0.000000222. The lowest BCUT2D eigenvalue weighted by molar-refractivity contribution is 0.0989. The molecule has 0 aliphatic carbocycles. The van der Waals surface area contributed by atoms with Crippen molar-refractivity contribution in [2.75, 3.05) is 82.3 Å². The first-order valence-electron chi connectivity index (χ1n) is 39.0. The van der Waals surface area contributed by atoms with E-state index in [9.17, 15) is 39.6 Å². The van der Waals surface area contributed by atoms with Crippen molar-refractivity contribution in [2.45, 2.75) is 136 Å². The van der Waals surface area contributed by atoms with Crippen LogP contribution >= 0.6 is 0 Å². The maximum atomic E-state index is 13.4. The lowest BCUT2D eigenvalue weighted by Crippen LogP contribution is -2.42. The highest BCUT2D eigenvalue weighted by Crippen LogP contribution is 2.41. The quantitative estimate of drug-likeness (QED) is 0.0493. The number of benzene rings is 6. The number of nitrogens with two attached hydrogens (primary N) is 2. The van der Waals surface area contributed by atoms with Crippen molar-refractivity contribution < 1.29 is 51.1 Å². The molecule has 0 radical (unpaired) electrons. The van der Waals surface area contributed by atoms with Gasteiger partial charge < -0.3 is 61.1 Å². The van der Waals surface area contributed by atoms with Crippen LogP contribution in [0.1, 0.15) is 133 Å². The zero-order chi connectivity index (χ0) is 80.5. The number of fused-ring (bicyclic) bond motifs is 6. The number of aromatic amines is 3. The highest BCUT2D eigenvalue weighted by Gasteiger charge is 2.37. The Morgan fingerprint density at radius 1 is 0.478 bits per heavy atom. The van der Waals surface area contributed by atoms with E-state index in [2.05, 4.69) is 75.2 Å². The maximum absolute atomic E-state index is 13.4. The van der Waals surface area contributed by atoms with Gasteiger partial charge in [0.1, 0.15) is 16.6 Å². The van der Waals surface area contributed by atoms with E-state index in [4.69, 9.17) is 26.4 Å². The van der Waals surface area contributed by atoms with Crippen LogP contribution in [0.2, 0.25) is 0 Å². The first-order valence-corrected chi connectivity index (χ1v) is 43.6. The number of carbonyl (C=O) groups excluding carboxylic acids is 3. The number of rotatable bonds is 17. The molecule has 0 saturated carbocycles. The number of amides is 3. The maximum Gasteiger partial charge on any atom is 0.259 e. The summed E-state index contributed by atoms with van der Waals surface area (Å²) in [6.07, 6.45) is 15.6. The summed E-state index contributed by atoms with van der Waals surface area (Å²) < 4.78 is 74.9. The average Bonchev–Trinajstić information content (AvgIpc) is 1.62. The molecule has 6 aliphatic rings. The molecule has 0 bridgehead atoms. The van der Waals surface area contributed by atoms with E-state index in [1.54, 1.807) is 166 Å². The third-order valence-electron chi connectivity index (χ3n) is 23.0. The zero-order valence-corrected chi connectivity index (χ0v) is 67.5. The summed E-state index contributed by atoms with van der Waals surface area (Å²) in [6, 6.07) is 38.9. The SMILES string of the molecule is CC(C)S(=O)(=O)c1ccc(-c2cnc3[nH]cc(N4Cc5cc(N(C)C6CCNCC6)ccc5C4=O)c3n2)cc1.CC(C)S(=O)(=O)c1ccc(-c2cnc3[nH]cc(N4Cc5cc(N6CCCC(N)C6)ccc5C4=O)c3n2)cc1.CC(C)S(=O)(=O)c1ccc(-c2cnc3[nH]cc(N4Cc5cc(N6CC[C@H](CN)C6)ccc5C4=O)c3n2)cc1.[HH].[HH].[HH].[HH].[HH].[HH].[HH].[HH]. The molecule has 1 unspecified atom stereocenters. The van der Waals surface area contributed by atoms with Crippen molar-refractivity contribution in [2.24, 2.45) is 17.4 Å². The Morgan fingerprint density at radius 3 is 1.22 bits per heavy atom. The summed E-state index contributed by atoms with van der Waals surface area (Å²) >= 11 is 0. The highest BCUT2D eigenvalue weighted by atomic mass is 32.2. The van der Waals surface area contributed by atoms with Gasteiger partial charge in [-0.15, -0.1) is 0 Å². The summed E-state index contributed by atoms with van der Waals surface area (Å²) in [4.78, 5) is 90.7. The molecule has 115 heavy (non-hydrogen) atoms. The van der Waals surface area contributed by atoms with Gasteiger partial charge in [0.25, 0.3) is 17.7 Å². The van der Waals surface area contributed by atoms with Crippen molar-refractivity contribution in [3.8, 4) is 33.8 Å². The summed E-state index contributed by atoms with van der Waals surface area (Å²) in [5, 5.41) is 1.93. The van der Waals surface area contributed by atoms with Gasteiger partial charge in [-0.1, -0.05) is 36.4 Å². The number of H-pyrrole nitrogens is 3. The van der Waals surface area contributed by atoms with Crippen LogP contribution in [0, 0.1) is 5.92 Å². The molecular formula is C85H108N18O9S3. The van der Waals surface area contributed by atoms with Crippen molar-refractivity contribution in [3.63, 3.8) is 0 Å². The van der Waals surface area contributed by atoms with Crippen LogP contribution in [0.5, 0.6) is 0 Å². The molecule has 30 heteroatoms. The fraction of sp³-hybridized carbons (Fsp3) is 0.329. The van der Waals surface area contributed by atoms with E-state index in [0.717, 1.165) is 122 Å². The number of carbonyl (C=O) groups is 3. The topological polar surface area (TPSA) is 362 Å². The monoisotopic (exact) mass is 1620 g/mol. The lowest BCUT2D eigenvalue weighted by atomic mass is 10.0. The Kier molecular flexibility index (Phi) is 21.0. The van der Waals surface area contributed by atoms with E-state index in [0.29, 0.717) is 122 Å². The summed E-state index contributed by atoms with van der Waals surface area (Å²) in [6.45, 7) is 17.8. The van der Waals surface area contributed by atoms with Crippen LogP contribution in [0.25, 0.3) is 67.3 Å². The van der Waals surface area contributed by atoms with Gasteiger partial charge in [0.2, 0.25) is 0 Å². The molecule has 0 spiro atoms. The standard InChI is InChI=1S/C29H32N6O3S.2C28H30N6O3S.8H2/c1-18(2)39(37,38)23-7-4-19(5-8-23)25-15-31-28-27(33-25)26(16-32-28)35-17-20-14-22(6-9-24(20)29(35)36)34(3)21-10-12-30-13-11-21;1-17(2)38(36,37)22-6-3-19(4-7-22)24-13-30-27-26(32-24)25(14-31-27)34-16-20-11-21(5-8-23(20)28(34)35)33-10-9-18(12-29)15-33;1-17(2)38(36,37)22-8-5-18(6-9-22)24-13-30-27-26(32-24)25(14-31-27)34-15-19-12-21(7-10-23(19)28(34)35)33-11-3-4-20(29)16-33;;;;;;;;/h4-9,14-16,18,21,30H,10-13,17H2,1-3H3,(H,31,32);3-8,11,13-14,17-18H,9-10,12,15-16,29H2,1-2H3,(H,30,31);5-10,12-14,17,20H,3-4,11,15-16,29H2,1-2H3,(H,30,31);8*1H/t;18-;;;;;;;;;/m.1........./s1. The van der Waals surface area contributed by atoms with Crippen molar-refractivity contribution in [1.82, 2.24) is 50.2 Å². The Bertz CT molecular complexity index is 6170. The van der Waals surface area contributed by atoms with Crippen molar-refractivity contribution in [3.05, 3.63) is 198 Å². The molecule has 12 heterocycles. The van der Waals surface area contributed by atoms with Gasteiger partial charge in [0, 0.05) is 126 Å². The molecule has 3 saturated heterocycles. The highest BCUT2D eigenvalue weighted by molar-refractivity contribution is 7.92. The molecule has 6 aromatic carbocycles. The smallest absolute Gasteiger partial charge is 0.259 e. The molecule has 27 nitrogen and oxygen atoms in total. The van der Waals surface area contributed by atoms with Crippen LogP contribution in [0.15, 0.2) is 179 Å². The third kappa shape index (κ3) is 14.9. The largest absolute Gasteiger partial charge is 0.372 e. The Hall–Kier alpha value is -11.3. The van der Waals surface area contributed by atoms with Crippen LogP contribution in [0.3, 0.4) is 0 Å². The second kappa shape index (κ2) is 31.1. The van der Waals surface area contributed by atoms with Gasteiger partial charge in [-0.25, -0.2) is 55.2 Å². The predicted molar refractivity (Wildman–Crippen MR) is 466 cm³/mol. The summed E-state index contributed by atoms with van der Waals surface area (Å²) in [5.74, 6) is 0.316. The van der Waals surface area contributed by atoms with Crippen molar-refractivity contribution >= 4 is 115 Å². The first kappa shape index (κ1) is 77.6. The molecular weight excluding hydrogens is 1510 g/mol. The molecule has 2 atom stereocenters. The number of nitrogens with zero attached hydrogens (tertiary/aromatic N) is 12. The molecule has 6 aliphatic heterocycles. The molecule has 3 amide bonds. The molecule has 610 valence electrons. The number of hydrogen-bond donors (Lipinski definition) is 6. The normalized spacial score (nSPS) is 17.3. The van der Waals surface area contributed by atoms with E-state index < -0.39 is 45.3 Å². The van der Waals surface area contributed by atoms with Crippen molar-refractivity contribution in [1.29, 1.82) is 0 Å². The number of anilines is 6. The average molecular weight is 1620 g/mol. The van der Waals surface area contributed by atoms with Gasteiger partial charge in [-0.2, -0.15) is 0 Å². The Morgan fingerprint density at radius 2 is 0.852 bits per heavy atom. The first-order chi connectivity index (χ1) is 55.2. The van der Waals surface area contributed by atoms with Gasteiger partial charge >= 0.3 is 0 Å². The molecule has 12 aromatic rings. The van der Waals surface area contributed by atoms with Crippen LogP contribution in [-0.2, 0) is 49.1 Å². The number of piperidine rings is 2. The molecule has 18 rings (SSSR count). The minimum absolute atomic E-state index is 0. The lowest BCUT2D eigenvalue weighted by Gasteiger charge is -2.33. The molecule has 6 aromatic heterocycles. The minimum atomic E-state index is -3.36. The second-order valence-electron chi connectivity index (χ2n) is 31.2. The van der Waals surface area contributed by atoms with Crippen LogP contribution in [-0.4, -0.2) is 169 Å². The third-order valence-corrected chi connectivity index (χ3v) is 29.5. The Labute approximate surface area is 679 Å². The number of aromatic nitrogens is 9. The second-order valence-corrected chi connectivity index (χ2v) is 38.7. The fourth-order valence-electron chi connectivity index (χ4n) is 16.0.